The molecule has 0 aliphatic heterocycles. The molecule has 17 heavy (non-hydrogen) atoms. The number of benzene rings is 1. The first-order chi connectivity index (χ1) is 8.26. The zero-order valence-electron chi connectivity index (χ0n) is 10.5. The topological polar surface area (TPSA) is 44.8 Å². The Kier molecular flexibility index (Phi) is 5.49. The molecule has 0 fully saturated rings. The van der Waals surface area contributed by atoms with Crippen LogP contribution in [0, 0.1) is 0 Å². The van der Waals surface area contributed by atoms with Crippen LogP contribution in [0.5, 0.6) is 11.5 Å². The summed E-state index contributed by atoms with van der Waals surface area (Å²) in [5.74, 6) is 1.35. The number of carbonyl (C=O) groups is 1. The summed E-state index contributed by atoms with van der Waals surface area (Å²) < 4.78 is 15.7. The Morgan fingerprint density at radius 1 is 1.18 bits per heavy atom. The van der Waals surface area contributed by atoms with Gasteiger partial charge in [0, 0.05) is 19.1 Å². The molecule has 0 saturated heterocycles. The van der Waals surface area contributed by atoms with Crippen molar-refractivity contribution in [2.75, 3.05) is 21.3 Å². The van der Waals surface area contributed by atoms with Gasteiger partial charge < -0.3 is 19.0 Å². The normalized spacial score (nSPS) is 10.1. The number of ether oxygens (including phenoxy) is 3. The molecule has 0 saturated carbocycles. The van der Waals surface area contributed by atoms with Gasteiger partial charge in [0.1, 0.15) is 6.29 Å². The van der Waals surface area contributed by atoms with Crippen molar-refractivity contribution in [2.45, 2.75) is 19.4 Å². The van der Waals surface area contributed by atoms with Gasteiger partial charge in [-0.05, 0) is 24.1 Å². The zero-order chi connectivity index (χ0) is 12.7. The Balaban J connectivity index is 3.09. The molecule has 0 unspecified atom stereocenters. The van der Waals surface area contributed by atoms with Gasteiger partial charge in [-0.15, -0.1) is 0 Å². The SMILES string of the molecule is COCc1cc(CCC=O)cc(OC)c1OC. The van der Waals surface area contributed by atoms with Gasteiger partial charge in [0.15, 0.2) is 11.5 Å². The lowest BCUT2D eigenvalue weighted by Gasteiger charge is -2.14. The molecular formula is C13H18O4. The van der Waals surface area contributed by atoms with Crippen LogP contribution in [0.2, 0.25) is 0 Å². The number of rotatable bonds is 7. The van der Waals surface area contributed by atoms with Crippen LogP contribution < -0.4 is 9.47 Å². The van der Waals surface area contributed by atoms with Crippen LogP contribution >= 0.6 is 0 Å². The lowest BCUT2D eigenvalue weighted by molar-refractivity contribution is -0.107. The van der Waals surface area contributed by atoms with E-state index >= 15 is 0 Å². The summed E-state index contributed by atoms with van der Waals surface area (Å²) in [6, 6.07) is 3.87. The van der Waals surface area contributed by atoms with Crippen molar-refractivity contribution in [2.24, 2.45) is 0 Å². The Hall–Kier alpha value is -1.55. The summed E-state index contributed by atoms with van der Waals surface area (Å²) in [5, 5.41) is 0. The molecule has 1 aromatic carbocycles. The fourth-order valence-electron chi connectivity index (χ4n) is 1.74. The molecule has 0 amide bonds. The molecule has 0 atom stereocenters. The van der Waals surface area contributed by atoms with Gasteiger partial charge in [-0.2, -0.15) is 0 Å². The van der Waals surface area contributed by atoms with E-state index in [0.29, 0.717) is 30.9 Å². The lowest BCUT2D eigenvalue weighted by atomic mass is 10.1. The van der Waals surface area contributed by atoms with E-state index in [1.807, 2.05) is 12.1 Å². The van der Waals surface area contributed by atoms with Crippen molar-refractivity contribution in [1.29, 1.82) is 0 Å². The van der Waals surface area contributed by atoms with Crippen molar-refractivity contribution in [3.63, 3.8) is 0 Å². The van der Waals surface area contributed by atoms with Gasteiger partial charge >= 0.3 is 0 Å². The highest BCUT2D eigenvalue weighted by Crippen LogP contribution is 2.33. The maximum absolute atomic E-state index is 10.4. The van der Waals surface area contributed by atoms with E-state index in [4.69, 9.17) is 14.2 Å². The standard InChI is InChI=1S/C13H18O4/c1-15-9-11-7-10(5-4-6-14)8-12(16-2)13(11)17-3/h6-8H,4-5,9H2,1-3H3. The summed E-state index contributed by atoms with van der Waals surface area (Å²) >= 11 is 0. The quantitative estimate of drug-likeness (QED) is 0.681. The molecule has 0 spiro atoms. The minimum atomic E-state index is 0.453. The number of aryl methyl sites for hydroxylation is 1. The van der Waals surface area contributed by atoms with Gasteiger partial charge in [-0.25, -0.2) is 0 Å². The third kappa shape index (κ3) is 3.46. The van der Waals surface area contributed by atoms with Crippen LogP contribution in [0.3, 0.4) is 0 Å². The summed E-state index contributed by atoms with van der Waals surface area (Å²) in [4.78, 5) is 10.4. The molecule has 0 aliphatic rings. The summed E-state index contributed by atoms with van der Waals surface area (Å²) in [6.07, 6.45) is 2.11. The van der Waals surface area contributed by atoms with E-state index in [9.17, 15) is 4.79 Å². The van der Waals surface area contributed by atoms with Crippen molar-refractivity contribution < 1.29 is 19.0 Å². The smallest absolute Gasteiger partial charge is 0.166 e. The lowest BCUT2D eigenvalue weighted by Crippen LogP contribution is -2.00. The number of aldehydes is 1. The molecule has 0 N–H and O–H groups in total. The van der Waals surface area contributed by atoms with Gasteiger partial charge in [0.25, 0.3) is 0 Å². The predicted octanol–water partition coefficient (Wildman–Crippen LogP) is 1.98. The Morgan fingerprint density at radius 3 is 2.47 bits per heavy atom. The number of hydrogen-bond donors (Lipinski definition) is 0. The Labute approximate surface area is 101 Å². The maximum atomic E-state index is 10.4. The molecular weight excluding hydrogens is 220 g/mol. The molecule has 0 heterocycles. The van der Waals surface area contributed by atoms with Gasteiger partial charge in [-0.3, -0.25) is 0 Å². The first-order valence-electron chi connectivity index (χ1n) is 5.43. The summed E-state index contributed by atoms with van der Waals surface area (Å²) in [5.41, 5.74) is 1.97. The fourth-order valence-corrected chi connectivity index (χ4v) is 1.74. The molecule has 0 radical (unpaired) electrons. The monoisotopic (exact) mass is 238 g/mol. The van der Waals surface area contributed by atoms with E-state index in [1.54, 1.807) is 21.3 Å². The molecule has 0 aliphatic carbocycles. The van der Waals surface area contributed by atoms with E-state index in [1.165, 1.54) is 0 Å². The molecule has 1 aromatic rings. The molecule has 1 rings (SSSR count). The van der Waals surface area contributed by atoms with Crippen molar-refractivity contribution >= 4 is 6.29 Å². The second-order valence-electron chi connectivity index (χ2n) is 3.63. The van der Waals surface area contributed by atoms with Gasteiger partial charge in [0.05, 0.1) is 20.8 Å². The second-order valence-corrected chi connectivity index (χ2v) is 3.63. The number of methoxy groups -OCH3 is 3. The average molecular weight is 238 g/mol. The summed E-state index contributed by atoms with van der Waals surface area (Å²) in [6.45, 7) is 0.453. The third-order valence-electron chi connectivity index (χ3n) is 2.47. The Morgan fingerprint density at radius 2 is 1.94 bits per heavy atom. The van der Waals surface area contributed by atoms with Crippen molar-refractivity contribution in [3.8, 4) is 11.5 Å². The molecule has 0 aromatic heterocycles. The van der Waals surface area contributed by atoms with E-state index < -0.39 is 0 Å². The molecule has 0 bridgehead atoms. The van der Waals surface area contributed by atoms with Crippen LogP contribution in [0.15, 0.2) is 12.1 Å². The minimum absolute atomic E-state index is 0.453. The van der Waals surface area contributed by atoms with E-state index in [-0.39, 0.29) is 0 Å². The minimum Gasteiger partial charge on any atom is -0.493 e. The van der Waals surface area contributed by atoms with Crippen LogP contribution in [-0.2, 0) is 22.6 Å². The van der Waals surface area contributed by atoms with Crippen LogP contribution in [0.25, 0.3) is 0 Å². The highest BCUT2D eigenvalue weighted by atomic mass is 16.5. The van der Waals surface area contributed by atoms with Crippen molar-refractivity contribution in [1.82, 2.24) is 0 Å². The van der Waals surface area contributed by atoms with Crippen LogP contribution in [0.4, 0.5) is 0 Å². The summed E-state index contributed by atoms with van der Waals surface area (Å²) in [7, 11) is 4.82. The zero-order valence-corrected chi connectivity index (χ0v) is 10.5. The third-order valence-corrected chi connectivity index (χ3v) is 2.47. The molecule has 4 nitrogen and oxygen atoms in total. The van der Waals surface area contributed by atoms with Crippen LogP contribution in [-0.4, -0.2) is 27.6 Å². The van der Waals surface area contributed by atoms with Crippen molar-refractivity contribution in [3.05, 3.63) is 23.3 Å². The maximum Gasteiger partial charge on any atom is 0.166 e. The molecule has 4 heteroatoms. The fraction of sp³-hybridized carbons (Fsp3) is 0.462. The number of carbonyl (C=O) groups excluding carboxylic acids is 1. The van der Waals surface area contributed by atoms with Gasteiger partial charge in [0.2, 0.25) is 0 Å². The van der Waals surface area contributed by atoms with E-state index in [0.717, 1.165) is 17.4 Å². The van der Waals surface area contributed by atoms with Gasteiger partial charge in [-0.1, -0.05) is 0 Å². The average Bonchev–Trinajstić information content (AvgIpc) is 2.36. The first kappa shape index (κ1) is 13.5. The second kappa shape index (κ2) is 6.91. The predicted molar refractivity (Wildman–Crippen MR) is 64.6 cm³/mol. The highest BCUT2D eigenvalue weighted by Gasteiger charge is 2.12. The highest BCUT2D eigenvalue weighted by molar-refractivity contribution is 5.52. The van der Waals surface area contributed by atoms with E-state index in [2.05, 4.69) is 0 Å². The Bertz CT molecular complexity index is 374. The van der Waals surface area contributed by atoms with Crippen LogP contribution in [0.1, 0.15) is 17.5 Å². The number of hydrogen-bond acceptors (Lipinski definition) is 4. The molecule has 94 valence electrons. The first-order valence-corrected chi connectivity index (χ1v) is 5.43. The largest absolute Gasteiger partial charge is 0.493 e.